The fraction of sp³-hybridized carbons (Fsp3) is 0.500. The van der Waals surface area contributed by atoms with Crippen molar-refractivity contribution in [1.82, 2.24) is 9.88 Å². The molecule has 8 nitrogen and oxygen atoms in total. The minimum Gasteiger partial charge on any atom is -0.444 e. The SMILES string of the molecule is CC(C)(C)OC(=O)N1CCN(c2cncc(B(O)O)c2)C(=O)C1. The van der Waals surface area contributed by atoms with E-state index in [4.69, 9.17) is 4.74 Å². The second kappa shape index (κ2) is 6.55. The number of nitrogens with zero attached hydrogens (tertiary/aromatic N) is 3. The lowest BCUT2D eigenvalue weighted by molar-refractivity contribution is -0.121. The topological polar surface area (TPSA) is 103 Å². The zero-order valence-electron chi connectivity index (χ0n) is 13.4. The summed E-state index contributed by atoms with van der Waals surface area (Å²) in [6.07, 6.45) is 2.26. The first kappa shape index (κ1) is 17.2. The molecule has 1 aliphatic heterocycles. The summed E-state index contributed by atoms with van der Waals surface area (Å²) < 4.78 is 5.25. The van der Waals surface area contributed by atoms with Gasteiger partial charge in [-0.1, -0.05) is 0 Å². The van der Waals surface area contributed by atoms with Gasteiger partial charge in [-0.05, 0) is 26.8 Å². The van der Waals surface area contributed by atoms with E-state index in [-0.39, 0.29) is 24.5 Å². The van der Waals surface area contributed by atoms with Crippen LogP contribution in [-0.4, -0.2) is 64.3 Å². The average Bonchev–Trinajstić information content (AvgIpc) is 2.45. The van der Waals surface area contributed by atoms with Gasteiger partial charge in [0.15, 0.2) is 0 Å². The van der Waals surface area contributed by atoms with Crippen molar-refractivity contribution in [2.24, 2.45) is 0 Å². The lowest BCUT2D eigenvalue weighted by Gasteiger charge is -2.35. The maximum Gasteiger partial charge on any atom is 0.490 e. The lowest BCUT2D eigenvalue weighted by Crippen LogP contribution is -2.53. The highest BCUT2D eigenvalue weighted by molar-refractivity contribution is 6.58. The average molecular weight is 321 g/mol. The molecule has 0 atom stereocenters. The van der Waals surface area contributed by atoms with Crippen molar-refractivity contribution in [2.45, 2.75) is 26.4 Å². The summed E-state index contributed by atoms with van der Waals surface area (Å²) in [5.74, 6) is -0.284. The van der Waals surface area contributed by atoms with Crippen molar-refractivity contribution in [1.29, 1.82) is 0 Å². The van der Waals surface area contributed by atoms with Gasteiger partial charge in [0.25, 0.3) is 0 Å². The number of amides is 2. The Morgan fingerprint density at radius 3 is 2.57 bits per heavy atom. The number of aromatic nitrogens is 1. The van der Waals surface area contributed by atoms with Crippen molar-refractivity contribution in [2.75, 3.05) is 24.5 Å². The standard InChI is InChI=1S/C14H20BN3O5/c1-14(2,3)23-13(20)17-4-5-18(12(19)9-17)11-6-10(15(21)22)7-16-8-11/h6-8,21-22H,4-5,9H2,1-3H3. The van der Waals surface area contributed by atoms with Crippen LogP contribution in [0.15, 0.2) is 18.5 Å². The molecule has 0 bridgehead atoms. The van der Waals surface area contributed by atoms with Crippen LogP contribution in [-0.2, 0) is 9.53 Å². The van der Waals surface area contributed by atoms with E-state index in [1.165, 1.54) is 28.3 Å². The van der Waals surface area contributed by atoms with Gasteiger partial charge in [-0.3, -0.25) is 14.7 Å². The summed E-state index contributed by atoms with van der Waals surface area (Å²) in [6.45, 7) is 5.80. The number of anilines is 1. The minimum absolute atomic E-state index is 0.0964. The van der Waals surface area contributed by atoms with Crippen LogP contribution < -0.4 is 10.4 Å². The molecular weight excluding hydrogens is 301 g/mol. The molecule has 2 N–H and O–H groups in total. The first-order valence-corrected chi connectivity index (χ1v) is 7.27. The van der Waals surface area contributed by atoms with E-state index in [0.717, 1.165) is 0 Å². The van der Waals surface area contributed by atoms with Gasteiger partial charge in [0, 0.05) is 24.7 Å². The largest absolute Gasteiger partial charge is 0.490 e. The van der Waals surface area contributed by atoms with Crippen LogP contribution in [0.1, 0.15) is 20.8 Å². The molecular formula is C14H20BN3O5. The van der Waals surface area contributed by atoms with E-state index in [1.54, 1.807) is 20.8 Å². The number of carbonyl (C=O) groups excluding carboxylic acids is 2. The maximum atomic E-state index is 12.3. The Balaban J connectivity index is 2.06. The molecule has 0 aliphatic carbocycles. The first-order chi connectivity index (χ1) is 10.7. The fourth-order valence-corrected chi connectivity index (χ4v) is 2.16. The van der Waals surface area contributed by atoms with Crippen molar-refractivity contribution in [3.05, 3.63) is 18.5 Å². The molecule has 2 rings (SSSR count). The highest BCUT2D eigenvalue weighted by atomic mass is 16.6. The molecule has 1 fully saturated rings. The van der Waals surface area contributed by atoms with Crippen LogP contribution in [0.25, 0.3) is 0 Å². The van der Waals surface area contributed by atoms with E-state index in [0.29, 0.717) is 12.2 Å². The van der Waals surface area contributed by atoms with Crippen LogP contribution in [0.2, 0.25) is 0 Å². The van der Waals surface area contributed by atoms with Crippen LogP contribution >= 0.6 is 0 Å². The van der Waals surface area contributed by atoms with E-state index >= 15 is 0 Å². The zero-order chi connectivity index (χ0) is 17.2. The first-order valence-electron chi connectivity index (χ1n) is 7.27. The Morgan fingerprint density at radius 2 is 2.00 bits per heavy atom. The third-order valence-corrected chi connectivity index (χ3v) is 3.23. The molecule has 0 unspecified atom stereocenters. The van der Waals surface area contributed by atoms with Crippen molar-refractivity contribution in [3.63, 3.8) is 0 Å². The molecule has 23 heavy (non-hydrogen) atoms. The van der Waals surface area contributed by atoms with Crippen molar-refractivity contribution < 1.29 is 24.4 Å². The number of piperazine rings is 1. The second-order valence-corrected chi connectivity index (χ2v) is 6.30. The van der Waals surface area contributed by atoms with Crippen LogP contribution in [0.3, 0.4) is 0 Å². The lowest BCUT2D eigenvalue weighted by atomic mass is 9.81. The van der Waals surface area contributed by atoms with Gasteiger partial charge in [-0.15, -0.1) is 0 Å². The highest BCUT2D eigenvalue weighted by Gasteiger charge is 2.31. The molecule has 1 aliphatic rings. The molecule has 1 aromatic heterocycles. The molecule has 0 saturated carbocycles. The Bertz CT molecular complexity index is 602. The van der Waals surface area contributed by atoms with Gasteiger partial charge < -0.3 is 19.7 Å². The minimum atomic E-state index is -1.65. The van der Waals surface area contributed by atoms with Gasteiger partial charge in [-0.2, -0.15) is 0 Å². The Hall–Kier alpha value is -2.13. The van der Waals surface area contributed by atoms with E-state index < -0.39 is 18.8 Å². The molecule has 9 heteroatoms. The Labute approximate surface area is 134 Å². The third-order valence-electron chi connectivity index (χ3n) is 3.23. The second-order valence-electron chi connectivity index (χ2n) is 6.30. The molecule has 0 radical (unpaired) electrons. The Kier molecular flexibility index (Phi) is 4.91. The predicted molar refractivity (Wildman–Crippen MR) is 84.2 cm³/mol. The van der Waals surface area contributed by atoms with Crippen LogP contribution in [0.5, 0.6) is 0 Å². The summed E-state index contributed by atoms with van der Waals surface area (Å²) in [5.41, 5.74) is 0.0431. The number of ether oxygens (including phenoxy) is 1. The number of hydrogen-bond donors (Lipinski definition) is 2. The predicted octanol–water partition coefficient (Wildman–Crippen LogP) is -0.655. The smallest absolute Gasteiger partial charge is 0.444 e. The summed E-state index contributed by atoms with van der Waals surface area (Å²) >= 11 is 0. The number of pyridine rings is 1. The van der Waals surface area contributed by atoms with Crippen LogP contribution in [0.4, 0.5) is 10.5 Å². The fourth-order valence-electron chi connectivity index (χ4n) is 2.16. The van der Waals surface area contributed by atoms with Gasteiger partial charge in [0.2, 0.25) is 5.91 Å². The number of rotatable bonds is 2. The monoisotopic (exact) mass is 321 g/mol. The summed E-state index contributed by atoms with van der Waals surface area (Å²) in [5, 5.41) is 18.4. The van der Waals surface area contributed by atoms with Gasteiger partial charge >= 0.3 is 13.2 Å². The van der Waals surface area contributed by atoms with Gasteiger partial charge in [-0.25, -0.2) is 4.79 Å². The summed E-state index contributed by atoms with van der Waals surface area (Å²) in [4.78, 5) is 31.0. The maximum absolute atomic E-state index is 12.3. The van der Waals surface area contributed by atoms with E-state index in [9.17, 15) is 19.6 Å². The molecule has 0 spiro atoms. The summed E-state index contributed by atoms with van der Waals surface area (Å²) in [6, 6.07) is 1.48. The highest BCUT2D eigenvalue weighted by Crippen LogP contribution is 2.17. The van der Waals surface area contributed by atoms with Gasteiger partial charge in [0.1, 0.15) is 12.1 Å². The van der Waals surface area contributed by atoms with E-state index in [1.807, 2.05) is 0 Å². The summed E-state index contributed by atoms with van der Waals surface area (Å²) in [7, 11) is -1.65. The van der Waals surface area contributed by atoms with Crippen LogP contribution in [0, 0.1) is 0 Å². The molecule has 124 valence electrons. The third kappa shape index (κ3) is 4.43. The number of carbonyl (C=O) groups is 2. The zero-order valence-corrected chi connectivity index (χ0v) is 13.4. The normalized spacial score (nSPS) is 15.6. The molecule has 1 aromatic rings. The molecule has 2 heterocycles. The van der Waals surface area contributed by atoms with Crippen molar-refractivity contribution in [3.8, 4) is 0 Å². The molecule has 0 aromatic carbocycles. The molecule has 1 saturated heterocycles. The Morgan fingerprint density at radius 1 is 1.30 bits per heavy atom. The quantitative estimate of drug-likeness (QED) is 0.701. The van der Waals surface area contributed by atoms with Crippen molar-refractivity contribution >= 4 is 30.3 Å². The number of hydrogen-bond acceptors (Lipinski definition) is 6. The van der Waals surface area contributed by atoms with E-state index in [2.05, 4.69) is 4.98 Å². The van der Waals surface area contributed by atoms with Gasteiger partial charge in [0.05, 0.1) is 11.9 Å². The molecule has 2 amide bonds.